The van der Waals surface area contributed by atoms with Crippen LogP contribution < -0.4 is 5.32 Å². The molecule has 0 saturated carbocycles. The lowest BCUT2D eigenvalue weighted by molar-refractivity contribution is 0.0894. The number of nitrogens with zero attached hydrogens (tertiary/aromatic N) is 5. The van der Waals surface area contributed by atoms with Crippen molar-refractivity contribution < 1.29 is 0 Å². The second kappa shape index (κ2) is 6.78. The first kappa shape index (κ1) is 18.0. The average Bonchev–Trinajstić information content (AvgIpc) is 3.32. The molecule has 6 nitrogen and oxygen atoms in total. The van der Waals surface area contributed by atoms with Gasteiger partial charge in [-0.2, -0.15) is 5.10 Å². The van der Waals surface area contributed by atoms with E-state index in [-0.39, 0.29) is 5.66 Å². The minimum absolute atomic E-state index is 0.0494. The predicted molar refractivity (Wildman–Crippen MR) is 113 cm³/mol. The van der Waals surface area contributed by atoms with Gasteiger partial charge in [-0.1, -0.05) is 11.6 Å². The van der Waals surface area contributed by atoms with E-state index in [0.29, 0.717) is 0 Å². The van der Waals surface area contributed by atoms with E-state index in [1.54, 1.807) is 0 Å². The highest BCUT2D eigenvalue weighted by molar-refractivity contribution is 6.31. The van der Waals surface area contributed by atoms with Crippen LogP contribution in [0.5, 0.6) is 0 Å². The molecule has 2 aromatic rings. The van der Waals surface area contributed by atoms with Gasteiger partial charge in [0.1, 0.15) is 11.5 Å². The molecule has 3 aliphatic heterocycles. The topological polar surface area (TPSA) is 48.7 Å². The Kier molecular flexibility index (Phi) is 4.36. The minimum atomic E-state index is -0.0494. The van der Waals surface area contributed by atoms with Gasteiger partial charge in [0.05, 0.1) is 12.7 Å². The van der Waals surface area contributed by atoms with E-state index < -0.39 is 0 Å². The number of benzene rings is 1. The lowest BCUT2D eigenvalue weighted by atomic mass is 9.90. The maximum absolute atomic E-state index is 6.28. The number of piperidine rings is 1. The summed E-state index contributed by atoms with van der Waals surface area (Å²) in [6.07, 6.45) is 4.17. The van der Waals surface area contributed by atoms with Crippen LogP contribution in [0.25, 0.3) is 0 Å². The van der Waals surface area contributed by atoms with Crippen molar-refractivity contribution in [3.05, 3.63) is 46.2 Å². The van der Waals surface area contributed by atoms with Gasteiger partial charge >= 0.3 is 0 Å². The van der Waals surface area contributed by atoms with Crippen molar-refractivity contribution in [2.75, 3.05) is 31.5 Å². The van der Waals surface area contributed by atoms with Crippen LogP contribution in [0.1, 0.15) is 36.6 Å². The van der Waals surface area contributed by atoms with E-state index in [1.165, 1.54) is 16.8 Å². The molecule has 0 amide bonds. The number of hydrogen-bond acceptors (Lipinski definition) is 5. The van der Waals surface area contributed by atoms with Crippen LogP contribution in [0.3, 0.4) is 0 Å². The summed E-state index contributed by atoms with van der Waals surface area (Å²) in [6.45, 7) is 10.2. The summed E-state index contributed by atoms with van der Waals surface area (Å²) in [5, 5.41) is 9.12. The molecule has 3 aliphatic rings. The molecule has 1 fully saturated rings. The number of hydrogen-bond donors (Lipinski definition) is 1. The molecule has 0 radical (unpaired) electrons. The number of nitrogens with one attached hydrogen (secondary N) is 1. The summed E-state index contributed by atoms with van der Waals surface area (Å²) in [5.41, 5.74) is 4.88. The van der Waals surface area contributed by atoms with Crippen molar-refractivity contribution in [2.45, 2.75) is 45.4 Å². The van der Waals surface area contributed by atoms with Gasteiger partial charge in [-0.3, -0.25) is 14.6 Å². The number of aryl methyl sites for hydroxylation is 1. The Balaban J connectivity index is 1.35. The zero-order valence-electron chi connectivity index (χ0n) is 16.6. The van der Waals surface area contributed by atoms with Gasteiger partial charge in [-0.25, -0.2) is 0 Å². The van der Waals surface area contributed by atoms with Crippen LogP contribution in [0.4, 0.5) is 5.69 Å². The van der Waals surface area contributed by atoms with E-state index >= 15 is 0 Å². The number of amidine groups is 1. The average molecular weight is 399 g/mol. The van der Waals surface area contributed by atoms with Crippen molar-refractivity contribution >= 4 is 23.1 Å². The molecule has 28 heavy (non-hydrogen) atoms. The van der Waals surface area contributed by atoms with Crippen LogP contribution >= 0.6 is 11.6 Å². The molecule has 1 saturated heterocycles. The van der Waals surface area contributed by atoms with Gasteiger partial charge < -0.3 is 10.2 Å². The quantitative estimate of drug-likeness (QED) is 0.861. The number of likely N-dealkylation sites (tertiary alicyclic amines) is 1. The summed E-state index contributed by atoms with van der Waals surface area (Å²) in [4.78, 5) is 9.88. The minimum Gasteiger partial charge on any atom is -0.362 e. The molecule has 0 unspecified atom stereocenters. The lowest BCUT2D eigenvalue weighted by Gasteiger charge is -2.52. The van der Waals surface area contributed by atoms with Crippen LogP contribution in [-0.4, -0.2) is 57.3 Å². The third kappa shape index (κ3) is 2.81. The molecule has 0 bridgehead atoms. The lowest BCUT2D eigenvalue weighted by Crippen LogP contribution is -2.63. The first-order valence-electron chi connectivity index (χ1n) is 10.2. The van der Waals surface area contributed by atoms with Gasteiger partial charge in [-0.15, -0.1) is 0 Å². The molecular weight excluding hydrogens is 372 g/mol. The number of anilines is 1. The fourth-order valence-corrected chi connectivity index (χ4v) is 5.08. The molecule has 5 rings (SSSR count). The molecule has 1 aromatic carbocycles. The second-order valence-corrected chi connectivity index (χ2v) is 8.49. The SMILES string of the molecule is CCn1ncc(CN2CCC3(CC2)Nc2cc(Cl)ccc2C2=NCCN23)c1C. The van der Waals surface area contributed by atoms with E-state index in [1.807, 2.05) is 18.3 Å². The molecule has 1 aromatic heterocycles. The molecular formula is C21H27ClN6. The predicted octanol–water partition coefficient (Wildman–Crippen LogP) is 3.34. The number of fused-ring (bicyclic) bond motifs is 4. The highest BCUT2D eigenvalue weighted by Gasteiger charge is 2.46. The van der Waals surface area contributed by atoms with Crippen molar-refractivity contribution in [3.8, 4) is 0 Å². The summed E-state index contributed by atoms with van der Waals surface area (Å²) in [7, 11) is 0. The Bertz CT molecular complexity index is 925. The Morgan fingerprint density at radius 2 is 2.04 bits per heavy atom. The normalized spacial score (nSPS) is 20.7. The summed E-state index contributed by atoms with van der Waals surface area (Å²) in [6, 6.07) is 6.10. The molecule has 1 N–H and O–H groups in total. The van der Waals surface area contributed by atoms with E-state index in [9.17, 15) is 0 Å². The van der Waals surface area contributed by atoms with Gasteiger partial charge in [-0.05, 0) is 32.0 Å². The Morgan fingerprint density at radius 1 is 1.21 bits per heavy atom. The zero-order chi connectivity index (χ0) is 19.3. The molecule has 4 heterocycles. The molecule has 148 valence electrons. The van der Waals surface area contributed by atoms with Crippen molar-refractivity contribution in [3.63, 3.8) is 0 Å². The Hall–Kier alpha value is -2.05. The van der Waals surface area contributed by atoms with Crippen LogP contribution in [-0.2, 0) is 13.1 Å². The van der Waals surface area contributed by atoms with Gasteiger partial charge in [0.2, 0.25) is 0 Å². The molecule has 7 heteroatoms. The van der Waals surface area contributed by atoms with Crippen LogP contribution in [0, 0.1) is 6.92 Å². The van der Waals surface area contributed by atoms with Crippen molar-refractivity contribution in [1.29, 1.82) is 0 Å². The highest BCUT2D eigenvalue weighted by Crippen LogP contribution is 2.40. The van der Waals surface area contributed by atoms with E-state index in [4.69, 9.17) is 16.6 Å². The monoisotopic (exact) mass is 398 g/mol. The summed E-state index contributed by atoms with van der Waals surface area (Å²) < 4.78 is 2.08. The van der Waals surface area contributed by atoms with Crippen molar-refractivity contribution in [2.24, 2.45) is 4.99 Å². The molecule has 0 atom stereocenters. The largest absolute Gasteiger partial charge is 0.362 e. The fraction of sp³-hybridized carbons (Fsp3) is 0.524. The van der Waals surface area contributed by atoms with Gasteiger partial charge in [0.25, 0.3) is 0 Å². The highest BCUT2D eigenvalue weighted by atomic mass is 35.5. The number of aromatic nitrogens is 2. The number of halogens is 1. The van der Waals surface area contributed by atoms with Crippen molar-refractivity contribution in [1.82, 2.24) is 19.6 Å². The van der Waals surface area contributed by atoms with E-state index in [0.717, 1.165) is 68.7 Å². The summed E-state index contributed by atoms with van der Waals surface area (Å²) >= 11 is 6.28. The first-order valence-corrected chi connectivity index (χ1v) is 10.6. The smallest absolute Gasteiger partial charge is 0.134 e. The third-order valence-corrected chi connectivity index (χ3v) is 6.76. The molecule has 0 aliphatic carbocycles. The maximum Gasteiger partial charge on any atom is 0.134 e. The number of rotatable bonds is 3. The second-order valence-electron chi connectivity index (χ2n) is 8.05. The Morgan fingerprint density at radius 3 is 2.79 bits per heavy atom. The van der Waals surface area contributed by atoms with Gasteiger partial charge in [0.15, 0.2) is 0 Å². The fourth-order valence-electron chi connectivity index (χ4n) is 4.90. The third-order valence-electron chi connectivity index (χ3n) is 6.53. The maximum atomic E-state index is 6.28. The zero-order valence-corrected chi connectivity index (χ0v) is 17.3. The van der Waals surface area contributed by atoms with E-state index in [2.05, 4.69) is 44.8 Å². The first-order chi connectivity index (χ1) is 13.6. The Labute approximate surface area is 171 Å². The number of aliphatic imine (C=N–C) groups is 1. The standard InChI is InChI=1S/C21H27ClN6/c1-3-28-15(2)16(13-24-28)14-26-9-6-21(7-10-26)25-19-12-17(22)4-5-18(19)20-23-8-11-27(20)21/h4-5,12-13,25H,3,6-11,14H2,1-2H3. The molecule has 1 spiro atoms. The van der Waals surface area contributed by atoms with Gasteiger partial charge in [0, 0.05) is 73.1 Å². The van der Waals surface area contributed by atoms with Crippen LogP contribution in [0.2, 0.25) is 5.02 Å². The summed E-state index contributed by atoms with van der Waals surface area (Å²) in [5.74, 6) is 1.14. The van der Waals surface area contributed by atoms with Crippen LogP contribution in [0.15, 0.2) is 29.4 Å².